The SMILES string of the molecule is CCCC(C)COC(c1ccc(OC)cc1)C(C)N. The van der Waals surface area contributed by atoms with Gasteiger partial charge in [-0.05, 0) is 37.0 Å². The number of methoxy groups -OCH3 is 1. The summed E-state index contributed by atoms with van der Waals surface area (Å²) in [6.45, 7) is 7.16. The van der Waals surface area contributed by atoms with Gasteiger partial charge in [0, 0.05) is 6.04 Å². The van der Waals surface area contributed by atoms with Crippen molar-refractivity contribution in [2.45, 2.75) is 45.8 Å². The van der Waals surface area contributed by atoms with Gasteiger partial charge in [-0.1, -0.05) is 32.4 Å². The molecule has 0 aliphatic rings. The first-order valence-electron chi connectivity index (χ1n) is 7.09. The summed E-state index contributed by atoms with van der Waals surface area (Å²) < 4.78 is 11.2. The van der Waals surface area contributed by atoms with Gasteiger partial charge < -0.3 is 15.2 Å². The number of ether oxygens (including phenoxy) is 2. The van der Waals surface area contributed by atoms with E-state index in [0.717, 1.165) is 17.9 Å². The van der Waals surface area contributed by atoms with E-state index in [2.05, 4.69) is 13.8 Å². The number of nitrogens with two attached hydrogens (primary N) is 1. The lowest BCUT2D eigenvalue weighted by atomic mass is 10.0. The van der Waals surface area contributed by atoms with Gasteiger partial charge in [0.1, 0.15) is 5.75 Å². The van der Waals surface area contributed by atoms with Crippen molar-refractivity contribution in [2.24, 2.45) is 11.7 Å². The average molecular weight is 265 g/mol. The molecular weight excluding hydrogens is 238 g/mol. The zero-order chi connectivity index (χ0) is 14.3. The molecule has 0 fully saturated rings. The fourth-order valence-corrected chi connectivity index (χ4v) is 2.19. The number of hydrogen-bond donors (Lipinski definition) is 1. The Kier molecular flexibility index (Phi) is 6.89. The van der Waals surface area contributed by atoms with Crippen molar-refractivity contribution in [2.75, 3.05) is 13.7 Å². The molecule has 1 aromatic carbocycles. The highest BCUT2D eigenvalue weighted by Crippen LogP contribution is 2.24. The van der Waals surface area contributed by atoms with E-state index >= 15 is 0 Å². The Bertz CT molecular complexity index is 348. The van der Waals surface area contributed by atoms with Gasteiger partial charge in [-0.25, -0.2) is 0 Å². The van der Waals surface area contributed by atoms with Crippen molar-refractivity contribution in [3.05, 3.63) is 29.8 Å². The highest BCUT2D eigenvalue weighted by Gasteiger charge is 2.18. The van der Waals surface area contributed by atoms with E-state index in [9.17, 15) is 0 Å². The maximum Gasteiger partial charge on any atom is 0.118 e. The van der Waals surface area contributed by atoms with E-state index in [1.54, 1.807) is 7.11 Å². The minimum Gasteiger partial charge on any atom is -0.497 e. The third-order valence-electron chi connectivity index (χ3n) is 3.26. The Morgan fingerprint density at radius 2 is 1.79 bits per heavy atom. The van der Waals surface area contributed by atoms with Crippen LogP contribution in [0, 0.1) is 5.92 Å². The zero-order valence-electron chi connectivity index (χ0n) is 12.6. The predicted molar refractivity (Wildman–Crippen MR) is 79.4 cm³/mol. The minimum atomic E-state index is -0.0507. The van der Waals surface area contributed by atoms with Gasteiger partial charge in [-0.3, -0.25) is 0 Å². The highest BCUT2D eigenvalue weighted by molar-refractivity contribution is 5.29. The van der Waals surface area contributed by atoms with Gasteiger partial charge in [0.15, 0.2) is 0 Å². The second-order valence-corrected chi connectivity index (χ2v) is 5.28. The first-order chi connectivity index (χ1) is 9.08. The van der Waals surface area contributed by atoms with Crippen molar-refractivity contribution in [3.8, 4) is 5.75 Å². The molecule has 3 heteroatoms. The van der Waals surface area contributed by atoms with E-state index in [-0.39, 0.29) is 12.1 Å². The largest absolute Gasteiger partial charge is 0.497 e. The standard InChI is InChI=1S/C16H27NO2/c1-5-6-12(2)11-19-16(13(3)17)14-7-9-15(18-4)10-8-14/h7-10,12-13,16H,5-6,11,17H2,1-4H3. The molecule has 0 saturated heterocycles. The molecule has 2 N–H and O–H groups in total. The number of benzene rings is 1. The van der Waals surface area contributed by atoms with Crippen LogP contribution in [0.1, 0.15) is 45.3 Å². The van der Waals surface area contributed by atoms with Crippen molar-refractivity contribution in [1.29, 1.82) is 0 Å². The van der Waals surface area contributed by atoms with Gasteiger partial charge in [0.05, 0.1) is 19.8 Å². The second-order valence-electron chi connectivity index (χ2n) is 5.28. The van der Waals surface area contributed by atoms with Crippen LogP contribution in [-0.2, 0) is 4.74 Å². The van der Waals surface area contributed by atoms with E-state index in [1.807, 2.05) is 31.2 Å². The zero-order valence-corrected chi connectivity index (χ0v) is 12.6. The molecule has 0 aliphatic carbocycles. The molecule has 3 unspecified atom stereocenters. The van der Waals surface area contributed by atoms with Crippen LogP contribution in [0.3, 0.4) is 0 Å². The monoisotopic (exact) mass is 265 g/mol. The van der Waals surface area contributed by atoms with Crippen molar-refractivity contribution < 1.29 is 9.47 Å². The molecule has 0 aromatic heterocycles. The number of hydrogen-bond acceptors (Lipinski definition) is 3. The summed E-state index contributed by atoms with van der Waals surface area (Å²) in [4.78, 5) is 0. The van der Waals surface area contributed by atoms with Crippen molar-refractivity contribution in [1.82, 2.24) is 0 Å². The Balaban J connectivity index is 2.65. The fourth-order valence-electron chi connectivity index (χ4n) is 2.19. The summed E-state index contributed by atoms with van der Waals surface area (Å²) in [6.07, 6.45) is 2.33. The summed E-state index contributed by atoms with van der Waals surface area (Å²) in [7, 11) is 1.67. The van der Waals surface area contributed by atoms with Crippen LogP contribution < -0.4 is 10.5 Å². The lowest BCUT2D eigenvalue weighted by Gasteiger charge is -2.24. The molecule has 0 saturated carbocycles. The molecule has 19 heavy (non-hydrogen) atoms. The molecule has 0 spiro atoms. The van der Waals surface area contributed by atoms with Gasteiger partial charge in [0.2, 0.25) is 0 Å². The fraction of sp³-hybridized carbons (Fsp3) is 0.625. The van der Waals surface area contributed by atoms with Gasteiger partial charge in [-0.2, -0.15) is 0 Å². The molecule has 3 atom stereocenters. The third-order valence-corrected chi connectivity index (χ3v) is 3.26. The highest BCUT2D eigenvalue weighted by atomic mass is 16.5. The van der Waals surface area contributed by atoms with Gasteiger partial charge in [-0.15, -0.1) is 0 Å². The van der Waals surface area contributed by atoms with Gasteiger partial charge >= 0.3 is 0 Å². The Labute approximate surface area is 117 Å². The molecule has 1 rings (SSSR count). The molecule has 108 valence electrons. The molecular formula is C16H27NO2. The number of rotatable bonds is 8. The molecule has 0 heterocycles. The molecule has 0 amide bonds. The van der Waals surface area contributed by atoms with Crippen LogP contribution in [0.2, 0.25) is 0 Å². The Hall–Kier alpha value is -1.06. The average Bonchev–Trinajstić information content (AvgIpc) is 2.39. The van der Waals surface area contributed by atoms with E-state index in [4.69, 9.17) is 15.2 Å². The third kappa shape index (κ3) is 5.21. The predicted octanol–water partition coefficient (Wildman–Crippen LogP) is 3.54. The van der Waals surface area contributed by atoms with E-state index < -0.39 is 0 Å². The van der Waals surface area contributed by atoms with Crippen LogP contribution >= 0.6 is 0 Å². The van der Waals surface area contributed by atoms with Crippen LogP contribution in [-0.4, -0.2) is 19.8 Å². The van der Waals surface area contributed by atoms with Crippen LogP contribution in [0.25, 0.3) is 0 Å². The van der Waals surface area contributed by atoms with Crippen LogP contribution in [0.4, 0.5) is 0 Å². The quantitative estimate of drug-likeness (QED) is 0.782. The maximum absolute atomic E-state index is 6.04. The van der Waals surface area contributed by atoms with Gasteiger partial charge in [0.25, 0.3) is 0 Å². The first kappa shape index (κ1) is 16.0. The summed E-state index contributed by atoms with van der Waals surface area (Å²) in [5.41, 5.74) is 7.15. The topological polar surface area (TPSA) is 44.5 Å². The van der Waals surface area contributed by atoms with Crippen molar-refractivity contribution >= 4 is 0 Å². The second kappa shape index (κ2) is 8.18. The summed E-state index contributed by atoms with van der Waals surface area (Å²) in [5.74, 6) is 1.43. The smallest absolute Gasteiger partial charge is 0.118 e. The Morgan fingerprint density at radius 3 is 2.26 bits per heavy atom. The molecule has 3 nitrogen and oxygen atoms in total. The molecule has 1 aromatic rings. The molecule has 0 radical (unpaired) electrons. The summed E-state index contributed by atoms with van der Waals surface area (Å²) >= 11 is 0. The normalized spacial score (nSPS) is 15.8. The minimum absolute atomic E-state index is 0.0257. The molecule has 0 aliphatic heterocycles. The van der Waals surface area contributed by atoms with Crippen molar-refractivity contribution in [3.63, 3.8) is 0 Å². The summed E-state index contributed by atoms with van der Waals surface area (Å²) in [6, 6.07) is 7.92. The van der Waals surface area contributed by atoms with E-state index in [0.29, 0.717) is 5.92 Å². The van der Waals surface area contributed by atoms with Crippen LogP contribution in [0.5, 0.6) is 5.75 Å². The molecule has 0 bridgehead atoms. The lowest BCUT2D eigenvalue weighted by Crippen LogP contribution is -2.28. The maximum atomic E-state index is 6.04. The Morgan fingerprint density at radius 1 is 1.16 bits per heavy atom. The van der Waals surface area contributed by atoms with Crippen LogP contribution in [0.15, 0.2) is 24.3 Å². The van der Waals surface area contributed by atoms with E-state index in [1.165, 1.54) is 12.8 Å². The first-order valence-corrected chi connectivity index (χ1v) is 7.09. The lowest BCUT2D eigenvalue weighted by molar-refractivity contribution is 0.0173. The summed E-state index contributed by atoms with van der Waals surface area (Å²) in [5, 5.41) is 0.